The Morgan fingerprint density at radius 2 is 2.29 bits per heavy atom. The van der Waals surface area contributed by atoms with Crippen molar-refractivity contribution in [3.63, 3.8) is 0 Å². The zero-order chi connectivity index (χ0) is 10.7. The maximum atomic E-state index is 11.7. The van der Waals surface area contributed by atoms with Gasteiger partial charge in [0, 0.05) is 26.2 Å². The van der Waals surface area contributed by atoms with Crippen molar-refractivity contribution in [1.29, 1.82) is 0 Å². The van der Waals surface area contributed by atoms with Crippen LogP contribution in [0.3, 0.4) is 0 Å². The SMILES string of the molecule is CCC1CN(CCC(C)N)C(=O)N1C. The van der Waals surface area contributed by atoms with E-state index in [9.17, 15) is 4.79 Å². The molecule has 1 rings (SSSR count). The first kappa shape index (κ1) is 11.3. The standard InChI is InChI=1S/C10H21N3O/c1-4-9-7-13(6-5-8(2)11)10(14)12(9)3/h8-9H,4-7,11H2,1-3H3. The summed E-state index contributed by atoms with van der Waals surface area (Å²) in [5, 5.41) is 0. The van der Waals surface area contributed by atoms with Crippen LogP contribution in [0, 0.1) is 0 Å². The van der Waals surface area contributed by atoms with Gasteiger partial charge in [-0.3, -0.25) is 0 Å². The minimum absolute atomic E-state index is 0.150. The van der Waals surface area contributed by atoms with Gasteiger partial charge in [0.05, 0.1) is 6.04 Å². The fraction of sp³-hybridized carbons (Fsp3) is 0.900. The Labute approximate surface area is 86.0 Å². The average molecular weight is 199 g/mol. The van der Waals surface area contributed by atoms with E-state index in [1.807, 2.05) is 23.8 Å². The Balaban J connectivity index is 2.44. The van der Waals surface area contributed by atoms with Crippen molar-refractivity contribution in [1.82, 2.24) is 9.80 Å². The zero-order valence-corrected chi connectivity index (χ0v) is 9.36. The van der Waals surface area contributed by atoms with Gasteiger partial charge in [-0.1, -0.05) is 6.92 Å². The molecule has 1 fully saturated rings. The summed E-state index contributed by atoms with van der Waals surface area (Å²) in [6.45, 7) is 5.74. The minimum atomic E-state index is 0.150. The Morgan fingerprint density at radius 3 is 2.71 bits per heavy atom. The molecule has 1 saturated heterocycles. The lowest BCUT2D eigenvalue weighted by molar-refractivity contribution is 0.194. The monoisotopic (exact) mass is 199 g/mol. The van der Waals surface area contributed by atoms with Crippen LogP contribution in [0.15, 0.2) is 0 Å². The van der Waals surface area contributed by atoms with Crippen LogP contribution in [0.5, 0.6) is 0 Å². The Bertz CT molecular complexity index is 206. The van der Waals surface area contributed by atoms with Crippen LogP contribution in [0.25, 0.3) is 0 Å². The van der Waals surface area contributed by atoms with Gasteiger partial charge in [-0.15, -0.1) is 0 Å². The zero-order valence-electron chi connectivity index (χ0n) is 9.36. The highest BCUT2D eigenvalue weighted by molar-refractivity contribution is 5.76. The number of nitrogens with two attached hydrogens (primary N) is 1. The van der Waals surface area contributed by atoms with Crippen LogP contribution in [0.1, 0.15) is 26.7 Å². The number of hydrogen-bond donors (Lipinski definition) is 1. The maximum Gasteiger partial charge on any atom is 0.320 e. The van der Waals surface area contributed by atoms with Gasteiger partial charge in [0.25, 0.3) is 0 Å². The Kier molecular flexibility index (Phi) is 3.75. The summed E-state index contributed by atoms with van der Waals surface area (Å²) in [5.41, 5.74) is 5.67. The van der Waals surface area contributed by atoms with Crippen LogP contribution in [-0.2, 0) is 0 Å². The highest BCUT2D eigenvalue weighted by Gasteiger charge is 2.32. The van der Waals surface area contributed by atoms with Gasteiger partial charge < -0.3 is 15.5 Å². The van der Waals surface area contributed by atoms with E-state index in [-0.39, 0.29) is 12.1 Å². The molecule has 0 aromatic heterocycles. The predicted molar refractivity (Wildman–Crippen MR) is 57.1 cm³/mol. The lowest BCUT2D eigenvalue weighted by Crippen LogP contribution is -2.33. The van der Waals surface area contributed by atoms with E-state index in [0.29, 0.717) is 6.04 Å². The third kappa shape index (κ3) is 2.38. The second kappa shape index (κ2) is 4.64. The number of carbonyl (C=O) groups is 1. The van der Waals surface area contributed by atoms with Gasteiger partial charge in [-0.2, -0.15) is 0 Å². The molecule has 0 aromatic rings. The van der Waals surface area contributed by atoms with Gasteiger partial charge in [0.2, 0.25) is 0 Å². The Morgan fingerprint density at radius 1 is 1.64 bits per heavy atom. The summed E-state index contributed by atoms with van der Waals surface area (Å²) >= 11 is 0. The largest absolute Gasteiger partial charge is 0.328 e. The number of carbonyl (C=O) groups excluding carboxylic acids is 1. The van der Waals surface area contributed by atoms with Crippen molar-refractivity contribution in [3.8, 4) is 0 Å². The van der Waals surface area contributed by atoms with Crippen molar-refractivity contribution < 1.29 is 4.79 Å². The van der Waals surface area contributed by atoms with Crippen molar-refractivity contribution in [3.05, 3.63) is 0 Å². The van der Waals surface area contributed by atoms with Crippen molar-refractivity contribution in [2.24, 2.45) is 5.73 Å². The summed E-state index contributed by atoms with van der Waals surface area (Å²) < 4.78 is 0. The van der Waals surface area contributed by atoms with Crippen LogP contribution in [0.2, 0.25) is 0 Å². The molecule has 1 aliphatic rings. The van der Waals surface area contributed by atoms with Gasteiger partial charge in [-0.05, 0) is 19.8 Å². The summed E-state index contributed by atoms with van der Waals surface area (Å²) in [6.07, 6.45) is 1.91. The van der Waals surface area contributed by atoms with Crippen LogP contribution >= 0.6 is 0 Å². The Hall–Kier alpha value is -0.770. The quantitative estimate of drug-likeness (QED) is 0.730. The van der Waals surface area contributed by atoms with Crippen LogP contribution < -0.4 is 5.73 Å². The molecule has 0 radical (unpaired) electrons. The molecule has 2 atom stereocenters. The molecule has 2 amide bonds. The number of likely N-dealkylation sites (N-methyl/N-ethyl adjacent to an activating group) is 1. The molecule has 1 heterocycles. The molecule has 0 spiro atoms. The summed E-state index contributed by atoms with van der Waals surface area (Å²) in [7, 11) is 1.88. The molecule has 0 saturated carbocycles. The normalized spacial score (nSPS) is 24.6. The lowest BCUT2D eigenvalue weighted by atomic mass is 10.2. The molecule has 0 aromatic carbocycles. The van der Waals surface area contributed by atoms with Gasteiger partial charge >= 0.3 is 6.03 Å². The minimum Gasteiger partial charge on any atom is -0.328 e. The van der Waals surface area contributed by atoms with Gasteiger partial charge in [0.15, 0.2) is 0 Å². The fourth-order valence-electron chi connectivity index (χ4n) is 1.78. The number of nitrogens with zero attached hydrogens (tertiary/aromatic N) is 2. The molecule has 2 N–H and O–H groups in total. The first-order chi connectivity index (χ1) is 6.56. The molecule has 0 aliphatic carbocycles. The van der Waals surface area contributed by atoms with E-state index in [4.69, 9.17) is 5.73 Å². The topological polar surface area (TPSA) is 49.6 Å². The van der Waals surface area contributed by atoms with Gasteiger partial charge in [-0.25, -0.2) is 4.79 Å². The smallest absolute Gasteiger partial charge is 0.320 e. The van der Waals surface area contributed by atoms with E-state index in [1.165, 1.54) is 0 Å². The van der Waals surface area contributed by atoms with Crippen LogP contribution in [-0.4, -0.2) is 48.1 Å². The molecule has 4 nitrogen and oxygen atoms in total. The molecule has 1 aliphatic heterocycles. The number of urea groups is 1. The molecule has 82 valence electrons. The van der Waals surface area contributed by atoms with E-state index in [2.05, 4.69) is 6.92 Å². The van der Waals surface area contributed by atoms with Crippen molar-refractivity contribution in [2.75, 3.05) is 20.1 Å². The fourth-order valence-corrected chi connectivity index (χ4v) is 1.78. The first-order valence-corrected chi connectivity index (χ1v) is 5.33. The molecular formula is C10H21N3O. The molecule has 14 heavy (non-hydrogen) atoms. The highest BCUT2D eigenvalue weighted by Crippen LogP contribution is 2.16. The lowest BCUT2D eigenvalue weighted by Gasteiger charge is -2.16. The van der Waals surface area contributed by atoms with E-state index in [1.54, 1.807) is 0 Å². The highest BCUT2D eigenvalue weighted by atomic mass is 16.2. The number of amides is 2. The van der Waals surface area contributed by atoms with E-state index < -0.39 is 0 Å². The van der Waals surface area contributed by atoms with Crippen LogP contribution in [0.4, 0.5) is 4.79 Å². The van der Waals surface area contributed by atoms with Crippen molar-refractivity contribution >= 4 is 6.03 Å². The summed E-state index contributed by atoms with van der Waals surface area (Å²) in [6, 6.07) is 0.710. The van der Waals surface area contributed by atoms with E-state index in [0.717, 1.165) is 25.9 Å². The van der Waals surface area contributed by atoms with E-state index >= 15 is 0 Å². The number of hydrogen-bond acceptors (Lipinski definition) is 2. The third-order valence-corrected chi connectivity index (χ3v) is 2.88. The summed E-state index contributed by atoms with van der Waals surface area (Å²) in [5.74, 6) is 0. The molecule has 0 bridgehead atoms. The average Bonchev–Trinajstić information content (AvgIpc) is 2.41. The molecule has 2 unspecified atom stereocenters. The number of rotatable bonds is 4. The van der Waals surface area contributed by atoms with Gasteiger partial charge in [0.1, 0.15) is 0 Å². The van der Waals surface area contributed by atoms with Crippen molar-refractivity contribution in [2.45, 2.75) is 38.8 Å². The molecular weight excluding hydrogens is 178 g/mol. The second-order valence-electron chi connectivity index (χ2n) is 4.17. The molecule has 4 heteroatoms. The maximum absolute atomic E-state index is 11.7. The summed E-state index contributed by atoms with van der Waals surface area (Å²) in [4.78, 5) is 15.4. The third-order valence-electron chi connectivity index (χ3n) is 2.88. The second-order valence-corrected chi connectivity index (χ2v) is 4.17. The first-order valence-electron chi connectivity index (χ1n) is 5.33. The predicted octanol–water partition coefficient (Wildman–Crippen LogP) is 0.870.